The maximum atomic E-state index is 11.7. The van der Waals surface area contributed by atoms with Crippen LogP contribution in [0.15, 0.2) is 0 Å². The van der Waals surface area contributed by atoms with Crippen molar-refractivity contribution in [3.05, 3.63) is 11.1 Å². The lowest BCUT2D eigenvalue weighted by atomic mass is 10.1. The van der Waals surface area contributed by atoms with Crippen LogP contribution in [-0.2, 0) is 28.7 Å². The van der Waals surface area contributed by atoms with Gasteiger partial charge in [0.1, 0.15) is 25.3 Å². The van der Waals surface area contributed by atoms with Crippen LogP contribution in [0.25, 0.3) is 11.1 Å². The molecule has 1 heterocycles. The molecule has 116 valence electrons. The predicted octanol–water partition coefficient (Wildman–Crippen LogP) is -3.34. The number of rotatable bonds is 6. The molecule has 1 fully saturated rings. The van der Waals surface area contributed by atoms with E-state index in [4.69, 9.17) is 11.1 Å². The lowest BCUT2D eigenvalue weighted by Crippen LogP contribution is -2.64. The van der Waals surface area contributed by atoms with E-state index in [1.165, 1.54) is 0 Å². The van der Waals surface area contributed by atoms with Gasteiger partial charge in [-0.3, -0.25) is 9.59 Å². The van der Waals surface area contributed by atoms with Gasteiger partial charge in [0, 0.05) is 0 Å². The number of hydrogen-bond acceptors (Lipinski definition) is 6. The number of nitrogens with one attached hydrogen (secondary N) is 2. The molecule has 0 bridgehead atoms. The topological polar surface area (TPSA) is 184 Å². The van der Waals surface area contributed by atoms with Crippen molar-refractivity contribution in [2.24, 2.45) is 0 Å². The summed E-state index contributed by atoms with van der Waals surface area (Å²) in [6, 6.07) is -2.26. The minimum absolute atomic E-state index is 0.466. The number of carbonyl (C=O) groups is 4. The van der Waals surface area contributed by atoms with Gasteiger partial charge in [0.25, 0.3) is 0 Å². The molecule has 0 spiro atoms. The molecular weight excluding hydrogens is 300 g/mol. The number of ether oxygens (including phenoxy) is 2. The minimum Gasteiger partial charge on any atom is -0.455 e. The molecule has 1 aliphatic rings. The first-order valence-electron chi connectivity index (χ1n) is 5.77. The molecule has 1 aliphatic heterocycles. The molecule has 1 saturated heterocycles. The maximum absolute atomic E-state index is 11.7. The van der Waals surface area contributed by atoms with Crippen LogP contribution in [0.2, 0.25) is 0 Å². The first-order valence-corrected chi connectivity index (χ1v) is 5.77. The molecule has 0 unspecified atom stereocenters. The molecule has 0 saturated carbocycles. The highest BCUT2D eigenvalue weighted by molar-refractivity contribution is 6.21. The SMILES string of the molecule is [N-]=[N+]=CC(=O)OC[C@@H]1NC(=O)[C@@H](COC(=O)C=[N+]=[N-])NC1=O. The number of hydrogen-bond donors (Lipinski definition) is 2. The Bertz CT molecular complexity index is 539. The van der Waals surface area contributed by atoms with Gasteiger partial charge in [-0.15, -0.1) is 0 Å². The third kappa shape index (κ3) is 4.96. The van der Waals surface area contributed by atoms with Crippen molar-refractivity contribution >= 4 is 36.2 Å². The average molecular weight is 310 g/mol. The molecule has 0 aliphatic carbocycles. The van der Waals surface area contributed by atoms with Gasteiger partial charge < -0.3 is 31.2 Å². The Hall–Kier alpha value is -3.36. The summed E-state index contributed by atoms with van der Waals surface area (Å²) in [4.78, 5) is 50.1. The summed E-state index contributed by atoms with van der Waals surface area (Å²) in [5.74, 6) is -3.32. The van der Waals surface area contributed by atoms with Gasteiger partial charge in [-0.1, -0.05) is 0 Å². The Balaban J connectivity index is 2.50. The number of amides is 2. The standard InChI is InChI=1S/C10H10N6O6/c11-13-1-7(17)21-3-5-9(19)16-6(10(20)15-5)4-22-8(18)2-14-12/h1-2,5-6H,3-4H2,(H,15,20)(H,16,19)/t5-,6+. The summed E-state index contributed by atoms with van der Waals surface area (Å²) in [6.45, 7) is -0.932. The highest BCUT2D eigenvalue weighted by Gasteiger charge is 2.35. The zero-order chi connectivity index (χ0) is 16.5. The fourth-order valence-electron chi connectivity index (χ4n) is 1.41. The van der Waals surface area contributed by atoms with Crippen molar-refractivity contribution in [2.75, 3.05) is 13.2 Å². The van der Waals surface area contributed by atoms with Gasteiger partial charge in [0.2, 0.25) is 11.8 Å². The second kappa shape index (κ2) is 8.04. The fraction of sp³-hybridized carbons (Fsp3) is 0.400. The van der Waals surface area contributed by atoms with Crippen molar-refractivity contribution in [1.29, 1.82) is 0 Å². The molecule has 2 atom stereocenters. The van der Waals surface area contributed by atoms with E-state index in [0.717, 1.165) is 0 Å². The largest absolute Gasteiger partial charge is 0.455 e. The monoisotopic (exact) mass is 310 g/mol. The van der Waals surface area contributed by atoms with E-state index in [1.54, 1.807) is 0 Å². The zero-order valence-electron chi connectivity index (χ0n) is 11.0. The molecule has 2 N–H and O–H groups in total. The fourth-order valence-corrected chi connectivity index (χ4v) is 1.41. The Labute approximate surface area is 122 Å². The van der Waals surface area contributed by atoms with E-state index < -0.39 is 49.1 Å². The van der Waals surface area contributed by atoms with Crippen molar-refractivity contribution in [3.63, 3.8) is 0 Å². The van der Waals surface area contributed by atoms with E-state index in [-0.39, 0.29) is 0 Å². The van der Waals surface area contributed by atoms with E-state index in [2.05, 4.69) is 29.7 Å². The van der Waals surface area contributed by atoms with Gasteiger partial charge in [-0.25, -0.2) is 9.59 Å². The second-order valence-electron chi connectivity index (χ2n) is 3.87. The third-order valence-corrected chi connectivity index (χ3v) is 2.38. The maximum Gasteiger partial charge on any atom is 0.413 e. The van der Waals surface area contributed by atoms with Crippen molar-refractivity contribution in [1.82, 2.24) is 10.6 Å². The quantitative estimate of drug-likeness (QED) is 0.223. The van der Waals surface area contributed by atoms with Crippen molar-refractivity contribution in [3.8, 4) is 0 Å². The zero-order valence-corrected chi connectivity index (χ0v) is 11.0. The summed E-state index contributed by atoms with van der Waals surface area (Å²) < 4.78 is 9.10. The molecule has 12 nitrogen and oxygen atoms in total. The molecule has 2 amide bonds. The van der Waals surface area contributed by atoms with Gasteiger partial charge in [0.15, 0.2) is 0 Å². The molecule has 0 aromatic heterocycles. The van der Waals surface area contributed by atoms with Crippen LogP contribution in [0.1, 0.15) is 0 Å². The number of carbonyl (C=O) groups excluding carboxylic acids is 4. The number of esters is 2. The van der Waals surface area contributed by atoms with Crippen LogP contribution in [0, 0.1) is 0 Å². The Morgan fingerprint density at radius 2 is 1.32 bits per heavy atom. The number of nitrogens with zero attached hydrogens (tertiary/aromatic N) is 4. The smallest absolute Gasteiger partial charge is 0.413 e. The third-order valence-electron chi connectivity index (χ3n) is 2.38. The minimum atomic E-state index is -1.13. The predicted molar refractivity (Wildman–Crippen MR) is 65.1 cm³/mol. The Morgan fingerprint density at radius 1 is 0.955 bits per heavy atom. The van der Waals surface area contributed by atoms with E-state index in [1.807, 2.05) is 0 Å². The van der Waals surface area contributed by atoms with Crippen LogP contribution >= 0.6 is 0 Å². The average Bonchev–Trinajstić information content (AvgIpc) is 2.47. The normalized spacial score (nSPS) is 19.6. The van der Waals surface area contributed by atoms with Gasteiger partial charge in [-0.05, 0) is 0 Å². The second-order valence-corrected chi connectivity index (χ2v) is 3.87. The molecule has 12 heteroatoms. The number of piperazine rings is 1. The van der Waals surface area contributed by atoms with E-state index >= 15 is 0 Å². The first-order chi connectivity index (χ1) is 10.5. The molecule has 0 aromatic rings. The molecular formula is C10H10N6O6. The van der Waals surface area contributed by atoms with Crippen LogP contribution in [0.3, 0.4) is 0 Å². The summed E-state index contributed by atoms with van der Waals surface area (Å²) in [5, 5.41) is 4.52. The Morgan fingerprint density at radius 3 is 1.64 bits per heavy atom. The highest BCUT2D eigenvalue weighted by Crippen LogP contribution is 1.99. The first kappa shape index (κ1) is 16.7. The molecule has 22 heavy (non-hydrogen) atoms. The van der Waals surface area contributed by atoms with E-state index in [9.17, 15) is 19.2 Å². The molecule has 0 aromatic carbocycles. The molecule has 1 rings (SSSR count). The van der Waals surface area contributed by atoms with Crippen LogP contribution < -0.4 is 10.6 Å². The summed E-state index contributed by atoms with van der Waals surface area (Å²) in [7, 11) is 0. The van der Waals surface area contributed by atoms with Gasteiger partial charge in [-0.2, -0.15) is 9.58 Å². The van der Waals surface area contributed by atoms with Crippen LogP contribution in [0.4, 0.5) is 0 Å². The van der Waals surface area contributed by atoms with E-state index in [0.29, 0.717) is 12.4 Å². The van der Waals surface area contributed by atoms with Crippen molar-refractivity contribution < 1.29 is 38.2 Å². The summed E-state index contributed by atoms with van der Waals surface area (Å²) in [6.07, 6.45) is 0.959. The van der Waals surface area contributed by atoms with Crippen LogP contribution in [0.5, 0.6) is 0 Å². The molecule has 0 radical (unpaired) electrons. The highest BCUT2D eigenvalue weighted by atomic mass is 16.5. The van der Waals surface area contributed by atoms with Crippen molar-refractivity contribution in [2.45, 2.75) is 12.1 Å². The summed E-state index contributed by atoms with van der Waals surface area (Å²) in [5.41, 5.74) is 16.2. The van der Waals surface area contributed by atoms with Gasteiger partial charge in [0.05, 0.1) is 0 Å². The lowest BCUT2D eigenvalue weighted by molar-refractivity contribution is -0.148. The van der Waals surface area contributed by atoms with Crippen LogP contribution in [-0.4, -0.2) is 71.1 Å². The van der Waals surface area contributed by atoms with Gasteiger partial charge >= 0.3 is 24.4 Å². The lowest BCUT2D eigenvalue weighted by Gasteiger charge is -2.28. The Kier molecular flexibility index (Phi) is 6.10. The summed E-state index contributed by atoms with van der Waals surface area (Å²) >= 11 is 0.